The van der Waals surface area contributed by atoms with Crippen molar-refractivity contribution in [3.63, 3.8) is 0 Å². The first kappa shape index (κ1) is 18.2. The second-order valence-corrected chi connectivity index (χ2v) is 6.61. The molecule has 7 heteroatoms. The zero-order valence-electron chi connectivity index (χ0n) is 15.7. The van der Waals surface area contributed by atoms with Gasteiger partial charge in [-0.05, 0) is 47.9 Å². The summed E-state index contributed by atoms with van der Waals surface area (Å²) in [5.41, 5.74) is 4.55. The Balaban J connectivity index is 2.01. The van der Waals surface area contributed by atoms with Crippen molar-refractivity contribution in [3.05, 3.63) is 64.1 Å². The lowest BCUT2D eigenvalue weighted by Gasteiger charge is -2.15. The molecule has 4 rings (SSSR count). The van der Waals surface area contributed by atoms with Gasteiger partial charge >= 0.3 is 5.69 Å². The van der Waals surface area contributed by atoms with E-state index in [4.69, 9.17) is 9.47 Å². The van der Waals surface area contributed by atoms with Crippen LogP contribution in [0.5, 0.6) is 5.75 Å². The minimum Gasteiger partial charge on any atom is -0.491 e. The van der Waals surface area contributed by atoms with E-state index in [9.17, 15) is 9.90 Å². The molecule has 0 aliphatic heterocycles. The van der Waals surface area contributed by atoms with Crippen LogP contribution in [-0.4, -0.2) is 40.0 Å². The van der Waals surface area contributed by atoms with E-state index in [2.05, 4.69) is 10.2 Å². The molecule has 0 amide bonds. The standard InChI is InChI=1S/C21H21N3O4/c1-13-8-20-22-23-21(26)24(20)18-10-17(15-5-3-4-14(9-15)12-25)19(11-16(13)18)28-7-6-27-2/h3-5,8-11,25H,6-7,12H2,1-2H3,(H,23,26). The Morgan fingerprint density at radius 2 is 2.04 bits per heavy atom. The second kappa shape index (κ2) is 7.46. The van der Waals surface area contributed by atoms with Crippen LogP contribution in [0.15, 0.2) is 47.3 Å². The number of aliphatic hydroxyl groups excluding tert-OH is 1. The van der Waals surface area contributed by atoms with Crippen molar-refractivity contribution in [2.45, 2.75) is 13.5 Å². The Kier molecular flexibility index (Phi) is 4.85. The summed E-state index contributed by atoms with van der Waals surface area (Å²) in [6, 6.07) is 13.4. The van der Waals surface area contributed by atoms with Crippen LogP contribution in [0.4, 0.5) is 0 Å². The first-order valence-electron chi connectivity index (χ1n) is 8.99. The summed E-state index contributed by atoms with van der Waals surface area (Å²) in [6.45, 7) is 2.80. The van der Waals surface area contributed by atoms with E-state index in [0.717, 1.165) is 33.2 Å². The summed E-state index contributed by atoms with van der Waals surface area (Å²) in [4.78, 5) is 12.3. The van der Waals surface area contributed by atoms with Crippen LogP contribution in [0.2, 0.25) is 0 Å². The van der Waals surface area contributed by atoms with Crippen LogP contribution in [0.3, 0.4) is 0 Å². The number of aliphatic hydroxyl groups is 1. The molecule has 4 aromatic rings. The molecule has 2 heterocycles. The largest absolute Gasteiger partial charge is 0.491 e. The Morgan fingerprint density at radius 1 is 1.18 bits per heavy atom. The van der Waals surface area contributed by atoms with Crippen molar-refractivity contribution in [1.29, 1.82) is 0 Å². The number of nitrogens with zero attached hydrogens (tertiary/aromatic N) is 2. The summed E-state index contributed by atoms with van der Waals surface area (Å²) < 4.78 is 12.7. The number of aromatic amines is 1. The fourth-order valence-electron chi connectivity index (χ4n) is 3.40. The van der Waals surface area contributed by atoms with Gasteiger partial charge < -0.3 is 14.6 Å². The average molecular weight is 379 g/mol. The third kappa shape index (κ3) is 3.15. The summed E-state index contributed by atoms with van der Waals surface area (Å²) in [5.74, 6) is 0.693. The van der Waals surface area contributed by atoms with Crippen molar-refractivity contribution in [3.8, 4) is 16.9 Å². The maximum absolute atomic E-state index is 12.3. The van der Waals surface area contributed by atoms with Crippen LogP contribution in [0, 0.1) is 6.92 Å². The maximum Gasteiger partial charge on any atom is 0.348 e. The molecule has 0 aliphatic carbocycles. The molecule has 0 saturated heterocycles. The number of hydrogen-bond donors (Lipinski definition) is 2. The number of hydrogen-bond acceptors (Lipinski definition) is 5. The van der Waals surface area contributed by atoms with Gasteiger partial charge in [-0.15, -0.1) is 0 Å². The molecule has 0 atom stereocenters. The fourth-order valence-corrected chi connectivity index (χ4v) is 3.40. The van der Waals surface area contributed by atoms with Gasteiger partial charge in [-0.2, -0.15) is 5.10 Å². The quantitative estimate of drug-likeness (QED) is 0.503. The van der Waals surface area contributed by atoms with Gasteiger partial charge in [0.1, 0.15) is 12.4 Å². The number of aromatic nitrogens is 3. The molecule has 0 bridgehead atoms. The van der Waals surface area contributed by atoms with E-state index in [1.165, 1.54) is 0 Å². The molecular formula is C21H21N3O4. The lowest BCUT2D eigenvalue weighted by Crippen LogP contribution is -2.11. The van der Waals surface area contributed by atoms with Gasteiger partial charge in [0, 0.05) is 18.1 Å². The molecule has 144 valence electrons. The minimum atomic E-state index is -0.289. The highest BCUT2D eigenvalue weighted by Gasteiger charge is 2.15. The number of nitrogens with one attached hydrogen (secondary N) is 1. The van der Waals surface area contributed by atoms with Crippen molar-refractivity contribution < 1.29 is 14.6 Å². The Hall–Kier alpha value is -3.16. The van der Waals surface area contributed by atoms with E-state index < -0.39 is 0 Å². The van der Waals surface area contributed by atoms with E-state index in [0.29, 0.717) is 24.6 Å². The number of aryl methyl sites for hydroxylation is 1. The molecule has 28 heavy (non-hydrogen) atoms. The second-order valence-electron chi connectivity index (χ2n) is 6.61. The molecule has 2 aromatic carbocycles. The van der Waals surface area contributed by atoms with Gasteiger partial charge in [0.05, 0.1) is 18.7 Å². The minimum absolute atomic E-state index is 0.0498. The van der Waals surface area contributed by atoms with Gasteiger partial charge in [-0.3, -0.25) is 0 Å². The Labute approximate surface area is 161 Å². The van der Waals surface area contributed by atoms with E-state index in [-0.39, 0.29) is 12.3 Å². The molecule has 2 aromatic heterocycles. The Bertz CT molecular complexity index is 1210. The van der Waals surface area contributed by atoms with Crippen molar-refractivity contribution in [1.82, 2.24) is 14.6 Å². The van der Waals surface area contributed by atoms with Crippen LogP contribution in [0.1, 0.15) is 11.1 Å². The number of ether oxygens (including phenoxy) is 2. The topological polar surface area (TPSA) is 88.9 Å². The lowest BCUT2D eigenvalue weighted by molar-refractivity contribution is 0.146. The molecule has 0 aliphatic rings. The lowest BCUT2D eigenvalue weighted by atomic mass is 9.99. The SMILES string of the molecule is COCCOc1cc2c(C)cc3n[nH]c(=O)n3c2cc1-c1cccc(CO)c1. The molecule has 0 spiro atoms. The zero-order chi connectivity index (χ0) is 19.7. The molecule has 0 fully saturated rings. The summed E-state index contributed by atoms with van der Waals surface area (Å²) in [6.07, 6.45) is 0. The van der Waals surface area contributed by atoms with Gasteiger partial charge in [-0.1, -0.05) is 18.2 Å². The number of pyridine rings is 1. The van der Waals surface area contributed by atoms with Crippen LogP contribution < -0.4 is 10.4 Å². The highest BCUT2D eigenvalue weighted by molar-refractivity contribution is 5.92. The van der Waals surface area contributed by atoms with Crippen LogP contribution in [-0.2, 0) is 11.3 Å². The number of methoxy groups -OCH3 is 1. The average Bonchev–Trinajstić information content (AvgIpc) is 3.08. The summed E-state index contributed by atoms with van der Waals surface area (Å²) in [5, 5.41) is 17.0. The van der Waals surface area contributed by atoms with E-state index in [1.807, 2.05) is 49.4 Å². The normalized spacial score (nSPS) is 11.4. The fraction of sp³-hybridized carbons (Fsp3) is 0.238. The summed E-state index contributed by atoms with van der Waals surface area (Å²) in [7, 11) is 1.63. The van der Waals surface area contributed by atoms with E-state index in [1.54, 1.807) is 11.5 Å². The number of H-pyrrole nitrogens is 1. The van der Waals surface area contributed by atoms with Gasteiger partial charge in [0.25, 0.3) is 0 Å². The molecule has 0 unspecified atom stereocenters. The summed E-state index contributed by atoms with van der Waals surface area (Å²) >= 11 is 0. The number of fused-ring (bicyclic) bond motifs is 3. The van der Waals surface area contributed by atoms with Gasteiger partial charge in [0.2, 0.25) is 0 Å². The molecular weight excluding hydrogens is 358 g/mol. The predicted molar refractivity (Wildman–Crippen MR) is 107 cm³/mol. The molecule has 7 nitrogen and oxygen atoms in total. The third-order valence-electron chi connectivity index (χ3n) is 4.77. The number of rotatable bonds is 6. The zero-order valence-corrected chi connectivity index (χ0v) is 15.7. The third-order valence-corrected chi connectivity index (χ3v) is 4.77. The smallest absolute Gasteiger partial charge is 0.348 e. The monoisotopic (exact) mass is 379 g/mol. The van der Waals surface area contributed by atoms with Crippen molar-refractivity contribution in [2.24, 2.45) is 0 Å². The molecule has 0 radical (unpaired) electrons. The highest BCUT2D eigenvalue weighted by Crippen LogP contribution is 2.36. The van der Waals surface area contributed by atoms with Gasteiger partial charge in [0.15, 0.2) is 5.65 Å². The van der Waals surface area contributed by atoms with E-state index >= 15 is 0 Å². The maximum atomic E-state index is 12.3. The first-order valence-corrected chi connectivity index (χ1v) is 8.99. The van der Waals surface area contributed by atoms with Gasteiger partial charge in [-0.25, -0.2) is 14.3 Å². The van der Waals surface area contributed by atoms with Crippen molar-refractivity contribution in [2.75, 3.05) is 20.3 Å². The molecule has 0 saturated carbocycles. The molecule has 2 N–H and O–H groups in total. The van der Waals surface area contributed by atoms with Crippen LogP contribution in [0.25, 0.3) is 27.7 Å². The first-order chi connectivity index (χ1) is 13.6. The Morgan fingerprint density at radius 3 is 2.82 bits per heavy atom. The highest BCUT2D eigenvalue weighted by atomic mass is 16.5. The van der Waals surface area contributed by atoms with Crippen LogP contribution >= 0.6 is 0 Å². The number of benzene rings is 2. The van der Waals surface area contributed by atoms with Crippen molar-refractivity contribution >= 4 is 16.6 Å². The predicted octanol–water partition coefficient (Wildman–Crippen LogP) is 2.67.